The Morgan fingerprint density at radius 2 is 2.31 bits per heavy atom. The van der Waals surface area contributed by atoms with E-state index in [9.17, 15) is 4.79 Å². The molecule has 0 saturated heterocycles. The standard InChI is InChI=1S/C10H9NO2/c1-13-9-4-2-3-7-10(9)8(12)5-6-11-7/h2-6,10H,1H3. The van der Waals surface area contributed by atoms with E-state index < -0.39 is 0 Å². The van der Waals surface area contributed by atoms with Gasteiger partial charge in [-0.25, -0.2) is 0 Å². The first-order valence-corrected chi connectivity index (χ1v) is 4.03. The minimum atomic E-state index is -0.319. The molecule has 0 aromatic rings. The normalized spacial score (nSPS) is 25.0. The van der Waals surface area contributed by atoms with E-state index in [0.29, 0.717) is 5.76 Å². The Bertz CT molecular complexity index is 361. The summed E-state index contributed by atoms with van der Waals surface area (Å²) in [6, 6.07) is 0. The Morgan fingerprint density at radius 3 is 3.08 bits per heavy atom. The molecule has 0 N–H and O–H groups in total. The van der Waals surface area contributed by atoms with Crippen LogP contribution in [0.5, 0.6) is 0 Å². The second-order valence-electron chi connectivity index (χ2n) is 2.84. The second kappa shape index (κ2) is 3.01. The van der Waals surface area contributed by atoms with E-state index in [1.807, 2.05) is 12.2 Å². The zero-order chi connectivity index (χ0) is 9.26. The first-order valence-electron chi connectivity index (χ1n) is 4.03. The summed E-state index contributed by atoms with van der Waals surface area (Å²) in [7, 11) is 1.56. The molecule has 0 bridgehead atoms. The highest BCUT2D eigenvalue weighted by atomic mass is 16.5. The highest BCUT2D eigenvalue weighted by molar-refractivity contribution is 6.18. The number of aliphatic imine (C=N–C) groups is 1. The van der Waals surface area contributed by atoms with Crippen molar-refractivity contribution >= 4 is 11.5 Å². The van der Waals surface area contributed by atoms with E-state index in [-0.39, 0.29) is 11.7 Å². The van der Waals surface area contributed by atoms with Gasteiger partial charge in [-0.15, -0.1) is 0 Å². The Hall–Kier alpha value is -1.64. The first kappa shape index (κ1) is 7.98. The maximum Gasteiger partial charge on any atom is 0.173 e. The molecule has 66 valence electrons. The number of fused-ring (bicyclic) bond motifs is 1. The number of carbonyl (C=O) groups is 1. The number of carbonyl (C=O) groups excluding carboxylic acids is 1. The summed E-state index contributed by atoms with van der Waals surface area (Å²) in [6.45, 7) is 0. The van der Waals surface area contributed by atoms with Crippen LogP contribution < -0.4 is 0 Å². The van der Waals surface area contributed by atoms with E-state index in [1.54, 1.807) is 13.2 Å². The predicted octanol–water partition coefficient (Wildman–Crippen LogP) is 1.24. The summed E-state index contributed by atoms with van der Waals surface area (Å²) in [5.41, 5.74) is 0.756. The summed E-state index contributed by atoms with van der Waals surface area (Å²) < 4.78 is 5.11. The fourth-order valence-corrected chi connectivity index (χ4v) is 1.46. The largest absolute Gasteiger partial charge is 0.500 e. The van der Waals surface area contributed by atoms with Crippen LogP contribution in [-0.2, 0) is 9.53 Å². The van der Waals surface area contributed by atoms with Gasteiger partial charge in [0, 0.05) is 12.3 Å². The van der Waals surface area contributed by atoms with E-state index in [0.717, 1.165) is 5.71 Å². The van der Waals surface area contributed by atoms with Crippen LogP contribution in [0.1, 0.15) is 0 Å². The maximum absolute atomic E-state index is 11.5. The average Bonchev–Trinajstić information content (AvgIpc) is 2.17. The molecule has 1 heterocycles. The van der Waals surface area contributed by atoms with E-state index in [4.69, 9.17) is 4.74 Å². The van der Waals surface area contributed by atoms with Gasteiger partial charge in [0.2, 0.25) is 0 Å². The number of ketones is 1. The molecule has 0 spiro atoms. The van der Waals surface area contributed by atoms with Crippen molar-refractivity contribution in [2.24, 2.45) is 10.9 Å². The van der Waals surface area contributed by atoms with Gasteiger partial charge < -0.3 is 4.74 Å². The lowest BCUT2D eigenvalue weighted by Gasteiger charge is -2.21. The molecule has 0 radical (unpaired) electrons. The maximum atomic E-state index is 11.5. The number of rotatable bonds is 1. The van der Waals surface area contributed by atoms with E-state index in [1.165, 1.54) is 12.3 Å². The van der Waals surface area contributed by atoms with Crippen LogP contribution >= 0.6 is 0 Å². The molecule has 0 aromatic carbocycles. The quantitative estimate of drug-likeness (QED) is 0.601. The minimum Gasteiger partial charge on any atom is -0.500 e. The predicted molar refractivity (Wildman–Crippen MR) is 49.3 cm³/mol. The van der Waals surface area contributed by atoms with Gasteiger partial charge in [0.25, 0.3) is 0 Å². The molecule has 1 aliphatic heterocycles. The molecule has 1 aliphatic carbocycles. The van der Waals surface area contributed by atoms with Crippen LogP contribution in [0.3, 0.4) is 0 Å². The lowest BCUT2D eigenvalue weighted by atomic mass is 9.90. The summed E-state index contributed by atoms with van der Waals surface area (Å²) >= 11 is 0. The molecule has 2 aliphatic rings. The Kier molecular flexibility index (Phi) is 1.85. The third-order valence-electron chi connectivity index (χ3n) is 2.09. The monoisotopic (exact) mass is 175 g/mol. The van der Waals surface area contributed by atoms with Crippen molar-refractivity contribution in [2.45, 2.75) is 0 Å². The zero-order valence-corrected chi connectivity index (χ0v) is 7.23. The van der Waals surface area contributed by atoms with Gasteiger partial charge in [-0.1, -0.05) is 6.08 Å². The van der Waals surface area contributed by atoms with Crippen LogP contribution in [0.15, 0.2) is 41.3 Å². The molecule has 2 rings (SSSR count). The Balaban J connectivity index is 2.42. The summed E-state index contributed by atoms with van der Waals surface area (Å²) in [5.74, 6) is 0.373. The number of ether oxygens (including phenoxy) is 1. The second-order valence-corrected chi connectivity index (χ2v) is 2.84. The Labute approximate surface area is 76.1 Å². The van der Waals surface area contributed by atoms with Gasteiger partial charge in [-0.2, -0.15) is 0 Å². The van der Waals surface area contributed by atoms with Gasteiger partial charge in [-0.3, -0.25) is 9.79 Å². The van der Waals surface area contributed by atoms with Crippen molar-refractivity contribution in [2.75, 3.05) is 7.11 Å². The van der Waals surface area contributed by atoms with Crippen LogP contribution in [0.25, 0.3) is 0 Å². The van der Waals surface area contributed by atoms with Crippen LogP contribution in [-0.4, -0.2) is 18.6 Å². The van der Waals surface area contributed by atoms with Gasteiger partial charge in [0.1, 0.15) is 11.7 Å². The van der Waals surface area contributed by atoms with Crippen LogP contribution in [0.4, 0.5) is 0 Å². The number of nitrogens with zero attached hydrogens (tertiary/aromatic N) is 1. The SMILES string of the molecule is COC1=CC=CC2=NC=CC(=O)C12. The van der Waals surface area contributed by atoms with Crippen molar-refractivity contribution in [3.8, 4) is 0 Å². The Morgan fingerprint density at radius 1 is 1.46 bits per heavy atom. The van der Waals surface area contributed by atoms with Gasteiger partial charge in [-0.05, 0) is 12.2 Å². The fourth-order valence-electron chi connectivity index (χ4n) is 1.46. The van der Waals surface area contributed by atoms with Gasteiger partial charge in [0.05, 0.1) is 12.8 Å². The molecule has 3 nitrogen and oxygen atoms in total. The number of allylic oxidation sites excluding steroid dienone is 5. The molecular formula is C10H9NO2. The molecule has 0 amide bonds. The van der Waals surface area contributed by atoms with Gasteiger partial charge >= 0.3 is 0 Å². The van der Waals surface area contributed by atoms with Crippen molar-refractivity contribution in [1.29, 1.82) is 0 Å². The third kappa shape index (κ3) is 1.22. The number of hydrogen-bond donors (Lipinski definition) is 0. The first-order chi connectivity index (χ1) is 6.33. The number of methoxy groups -OCH3 is 1. The lowest BCUT2D eigenvalue weighted by molar-refractivity contribution is -0.116. The van der Waals surface area contributed by atoms with Crippen LogP contribution in [0, 0.1) is 5.92 Å². The molecule has 0 fully saturated rings. The highest BCUT2D eigenvalue weighted by Gasteiger charge is 2.29. The smallest absolute Gasteiger partial charge is 0.173 e. The number of hydrogen-bond acceptors (Lipinski definition) is 3. The molecular weight excluding hydrogens is 166 g/mol. The molecule has 13 heavy (non-hydrogen) atoms. The van der Waals surface area contributed by atoms with Crippen molar-refractivity contribution in [3.63, 3.8) is 0 Å². The van der Waals surface area contributed by atoms with E-state index >= 15 is 0 Å². The van der Waals surface area contributed by atoms with Crippen molar-refractivity contribution < 1.29 is 9.53 Å². The highest BCUT2D eigenvalue weighted by Crippen LogP contribution is 2.23. The molecule has 1 atom stereocenters. The third-order valence-corrected chi connectivity index (χ3v) is 2.09. The van der Waals surface area contributed by atoms with Crippen molar-refractivity contribution in [3.05, 3.63) is 36.3 Å². The lowest BCUT2D eigenvalue weighted by Crippen LogP contribution is -2.27. The minimum absolute atomic E-state index is 0.0300. The molecule has 1 unspecified atom stereocenters. The van der Waals surface area contributed by atoms with E-state index in [2.05, 4.69) is 4.99 Å². The van der Waals surface area contributed by atoms with Crippen LogP contribution in [0.2, 0.25) is 0 Å². The molecule has 0 aromatic heterocycles. The average molecular weight is 175 g/mol. The summed E-state index contributed by atoms with van der Waals surface area (Å²) in [6.07, 6.45) is 8.45. The molecule has 3 heteroatoms. The molecule has 0 saturated carbocycles. The zero-order valence-electron chi connectivity index (χ0n) is 7.23. The summed E-state index contributed by atoms with van der Waals surface area (Å²) in [4.78, 5) is 15.6. The van der Waals surface area contributed by atoms with Gasteiger partial charge in [0.15, 0.2) is 5.78 Å². The fraction of sp³-hybridized carbons (Fsp3) is 0.200. The summed E-state index contributed by atoms with van der Waals surface area (Å²) in [5, 5.41) is 0. The van der Waals surface area contributed by atoms with Crippen molar-refractivity contribution in [1.82, 2.24) is 0 Å². The topological polar surface area (TPSA) is 38.7 Å².